The van der Waals surface area contributed by atoms with Crippen molar-refractivity contribution in [1.29, 1.82) is 0 Å². The van der Waals surface area contributed by atoms with Crippen LogP contribution in [0, 0.1) is 0 Å². The van der Waals surface area contributed by atoms with Crippen molar-refractivity contribution >= 4 is 27.7 Å². The Morgan fingerprint density at radius 1 is 1.20 bits per heavy atom. The summed E-state index contributed by atoms with van der Waals surface area (Å²) in [7, 11) is 0. The highest BCUT2D eigenvalue weighted by Crippen LogP contribution is 2.29. The van der Waals surface area contributed by atoms with Crippen molar-refractivity contribution in [3.8, 4) is 0 Å². The molecule has 3 heterocycles. The first-order chi connectivity index (χ1) is 9.90. The van der Waals surface area contributed by atoms with Crippen molar-refractivity contribution in [1.82, 2.24) is 18.9 Å². The van der Waals surface area contributed by atoms with Crippen LogP contribution in [0.25, 0.3) is 27.7 Å². The lowest BCUT2D eigenvalue weighted by atomic mass is 10.2. The second-order valence-corrected chi connectivity index (χ2v) is 5.11. The molecule has 0 spiro atoms. The third kappa shape index (κ3) is 1.48. The number of para-hydroxylation sites is 1. The lowest BCUT2D eigenvalue weighted by molar-refractivity contribution is 0.659. The van der Waals surface area contributed by atoms with Gasteiger partial charge in [-0.3, -0.25) is 9.38 Å². The van der Waals surface area contributed by atoms with Crippen molar-refractivity contribution in [2.45, 2.75) is 26.3 Å². The van der Waals surface area contributed by atoms with Gasteiger partial charge in [-0.05, 0) is 12.5 Å². The third-order valence-corrected chi connectivity index (χ3v) is 3.85. The second kappa shape index (κ2) is 4.34. The number of rotatable bonds is 3. The van der Waals surface area contributed by atoms with Gasteiger partial charge in [-0.2, -0.15) is 0 Å². The molecule has 4 aromatic rings. The molecule has 0 saturated heterocycles. The van der Waals surface area contributed by atoms with E-state index in [2.05, 4.69) is 45.1 Å². The molecule has 0 radical (unpaired) electrons. The summed E-state index contributed by atoms with van der Waals surface area (Å²) in [5.41, 5.74) is 4.43. The van der Waals surface area contributed by atoms with Crippen LogP contribution in [0.4, 0.5) is 0 Å². The summed E-state index contributed by atoms with van der Waals surface area (Å²) in [6.07, 6.45) is 7.99. The Kier molecular flexibility index (Phi) is 2.49. The quantitative estimate of drug-likeness (QED) is 0.566. The topological polar surface area (TPSA) is 35.1 Å². The minimum Gasteiger partial charge on any atom is -0.325 e. The van der Waals surface area contributed by atoms with E-state index in [0.717, 1.165) is 17.7 Å². The van der Waals surface area contributed by atoms with Crippen LogP contribution in [-0.4, -0.2) is 18.9 Å². The molecule has 4 heteroatoms. The molecule has 0 saturated carbocycles. The van der Waals surface area contributed by atoms with E-state index in [9.17, 15) is 0 Å². The molecule has 20 heavy (non-hydrogen) atoms. The highest BCUT2D eigenvalue weighted by Gasteiger charge is 2.15. The van der Waals surface area contributed by atoms with Gasteiger partial charge >= 0.3 is 0 Å². The summed E-state index contributed by atoms with van der Waals surface area (Å²) in [4.78, 5) is 8.92. The summed E-state index contributed by atoms with van der Waals surface area (Å²) < 4.78 is 4.52. The maximum Gasteiger partial charge on any atom is 0.157 e. The molecule has 0 bridgehead atoms. The fourth-order valence-corrected chi connectivity index (χ4v) is 2.90. The summed E-state index contributed by atoms with van der Waals surface area (Å²) in [6, 6.07) is 8.51. The molecule has 0 atom stereocenters. The number of hydrogen-bond donors (Lipinski definition) is 0. The van der Waals surface area contributed by atoms with Gasteiger partial charge in [0.05, 0.1) is 11.7 Å². The fraction of sp³-hybridized carbons (Fsp3) is 0.250. The molecule has 0 N–H and O–H groups in total. The first-order valence-electron chi connectivity index (χ1n) is 7.09. The lowest BCUT2D eigenvalue weighted by Crippen LogP contribution is -2.00. The van der Waals surface area contributed by atoms with E-state index in [1.165, 1.54) is 29.4 Å². The Balaban J connectivity index is 2.16. The van der Waals surface area contributed by atoms with Crippen molar-refractivity contribution in [2.75, 3.05) is 0 Å². The minimum atomic E-state index is 0.911. The average Bonchev–Trinajstić information content (AvgIpc) is 3.01. The Morgan fingerprint density at radius 2 is 2.10 bits per heavy atom. The summed E-state index contributed by atoms with van der Waals surface area (Å²) in [5.74, 6) is 0. The van der Waals surface area contributed by atoms with Crippen molar-refractivity contribution in [2.24, 2.45) is 0 Å². The zero-order chi connectivity index (χ0) is 13.5. The summed E-state index contributed by atoms with van der Waals surface area (Å²) in [5, 5.41) is 1.22. The maximum atomic E-state index is 4.75. The van der Waals surface area contributed by atoms with Gasteiger partial charge in [0.25, 0.3) is 0 Å². The van der Waals surface area contributed by atoms with Crippen LogP contribution in [0.3, 0.4) is 0 Å². The number of benzene rings is 1. The Bertz CT molecular complexity index is 895. The molecule has 0 unspecified atom stereocenters. The van der Waals surface area contributed by atoms with E-state index in [1.807, 2.05) is 18.6 Å². The van der Waals surface area contributed by atoms with Crippen molar-refractivity contribution in [3.63, 3.8) is 0 Å². The highest BCUT2D eigenvalue weighted by atomic mass is 15.1. The molecular formula is C16H16N4. The van der Waals surface area contributed by atoms with Crippen molar-refractivity contribution in [3.05, 3.63) is 42.9 Å². The molecule has 1 aromatic carbocycles. The summed E-state index contributed by atoms with van der Waals surface area (Å²) in [6.45, 7) is 3.25. The molecule has 4 rings (SSSR count). The van der Waals surface area contributed by atoms with Gasteiger partial charge < -0.3 is 4.57 Å². The first kappa shape index (κ1) is 11.5. The number of fused-ring (bicyclic) bond motifs is 5. The maximum absolute atomic E-state index is 4.75. The van der Waals surface area contributed by atoms with Crippen LogP contribution in [0.15, 0.2) is 42.9 Å². The zero-order valence-electron chi connectivity index (χ0n) is 11.5. The number of aromatic nitrogens is 4. The first-order valence-corrected chi connectivity index (χ1v) is 7.09. The van der Waals surface area contributed by atoms with Crippen molar-refractivity contribution < 1.29 is 0 Å². The minimum absolute atomic E-state index is 0.911. The molecule has 0 fully saturated rings. The van der Waals surface area contributed by atoms with Gasteiger partial charge in [-0.1, -0.05) is 31.5 Å². The van der Waals surface area contributed by atoms with Crippen LogP contribution in [0.1, 0.15) is 19.8 Å². The van der Waals surface area contributed by atoms with Crippen LogP contribution >= 0.6 is 0 Å². The fourth-order valence-electron chi connectivity index (χ4n) is 2.90. The largest absolute Gasteiger partial charge is 0.325 e. The van der Waals surface area contributed by atoms with Gasteiger partial charge in [0.1, 0.15) is 11.2 Å². The molecule has 4 nitrogen and oxygen atoms in total. The van der Waals surface area contributed by atoms with Crippen LogP contribution in [0.5, 0.6) is 0 Å². The number of imidazole rings is 1. The smallest absolute Gasteiger partial charge is 0.157 e. The van der Waals surface area contributed by atoms with Gasteiger partial charge in [-0.25, -0.2) is 4.98 Å². The standard InChI is InChI=1S/C16H16N4/c1-2-3-9-19-13-7-5-4-6-12(13)15-16(19)20-10-8-17-11-14(20)18-15/h4-8,10-11H,2-3,9H2,1H3. The van der Waals surface area contributed by atoms with E-state index in [0.29, 0.717) is 0 Å². The van der Waals surface area contributed by atoms with E-state index < -0.39 is 0 Å². The zero-order valence-corrected chi connectivity index (χ0v) is 11.5. The van der Waals surface area contributed by atoms with Gasteiger partial charge in [-0.15, -0.1) is 0 Å². The number of nitrogens with zero attached hydrogens (tertiary/aromatic N) is 4. The number of aryl methyl sites for hydroxylation is 1. The third-order valence-electron chi connectivity index (χ3n) is 3.85. The highest BCUT2D eigenvalue weighted by molar-refractivity contribution is 6.06. The van der Waals surface area contributed by atoms with E-state index in [4.69, 9.17) is 4.98 Å². The van der Waals surface area contributed by atoms with E-state index >= 15 is 0 Å². The SMILES string of the molecule is CCCCn1c2ccccc2c2nc3cnccn3c21. The van der Waals surface area contributed by atoms with E-state index in [1.54, 1.807) is 0 Å². The van der Waals surface area contributed by atoms with Gasteiger partial charge in [0.15, 0.2) is 5.65 Å². The molecule has 0 aliphatic carbocycles. The van der Waals surface area contributed by atoms with E-state index in [-0.39, 0.29) is 0 Å². The molecule has 0 amide bonds. The Hall–Kier alpha value is -2.36. The normalized spacial score (nSPS) is 11.8. The van der Waals surface area contributed by atoms with Crippen LogP contribution in [0.2, 0.25) is 0 Å². The molecular weight excluding hydrogens is 248 g/mol. The molecule has 3 aromatic heterocycles. The Labute approximate surface area is 116 Å². The second-order valence-electron chi connectivity index (χ2n) is 5.11. The number of unbranched alkanes of at least 4 members (excludes halogenated alkanes) is 1. The monoisotopic (exact) mass is 264 g/mol. The van der Waals surface area contributed by atoms with Crippen LogP contribution in [-0.2, 0) is 6.54 Å². The van der Waals surface area contributed by atoms with Gasteiger partial charge in [0, 0.05) is 24.3 Å². The van der Waals surface area contributed by atoms with Crippen LogP contribution < -0.4 is 0 Å². The predicted molar refractivity (Wildman–Crippen MR) is 80.9 cm³/mol. The predicted octanol–water partition coefficient (Wildman–Crippen LogP) is 3.64. The summed E-state index contributed by atoms with van der Waals surface area (Å²) >= 11 is 0. The molecule has 0 aliphatic rings. The Morgan fingerprint density at radius 3 is 3.00 bits per heavy atom. The van der Waals surface area contributed by atoms with Gasteiger partial charge in [0.2, 0.25) is 0 Å². The molecule has 0 aliphatic heterocycles. The average molecular weight is 264 g/mol. The molecule has 100 valence electrons. The lowest BCUT2D eigenvalue weighted by Gasteiger charge is -2.06. The number of hydrogen-bond acceptors (Lipinski definition) is 2.